The number of halogens is 3. The number of primary amides is 1. The van der Waals surface area contributed by atoms with Crippen LogP contribution >= 0.6 is 22.9 Å². The molecule has 1 fully saturated rings. The summed E-state index contributed by atoms with van der Waals surface area (Å²) < 4.78 is 31.6. The van der Waals surface area contributed by atoms with Gasteiger partial charge in [0, 0.05) is 28.7 Å². The third kappa shape index (κ3) is 4.11. The number of nitrogens with zero attached hydrogens (tertiary/aromatic N) is 2. The van der Waals surface area contributed by atoms with Crippen LogP contribution in [0.15, 0.2) is 30.5 Å². The SMILES string of the molecule is NC(=O)c1nccc([C@@H]2CCC[C@@H]2Nc2nc3ccc(Cl)cc3s2)c1OC(F)F. The second kappa shape index (κ2) is 8.08. The predicted octanol–water partition coefficient (Wildman–Crippen LogP) is 4.79. The van der Waals surface area contributed by atoms with Crippen molar-refractivity contribution in [2.45, 2.75) is 37.8 Å². The lowest BCUT2D eigenvalue weighted by Crippen LogP contribution is -2.25. The van der Waals surface area contributed by atoms with Gasteiger partial charge in [0.1, 0.15) is 0 Å². The summed E-state index contributed by atoms with van der Waals surface area (Å²) in [5, 5.41) is 4.77. The topological polar surface area (TPSA) is 90.1 Å². The van der Waals surface area contributed by atoms with Gasteiger partial charge in [-0.3, -0.25) is 4.79 Å². The summed E-state index contributed by atoms with van der Waals surface area (Å²) in [6.07, 6.45) is 3.85. The second-order valence-electron chi connectivity index (χ2n) is 6.74. The number of fused-ring (bicyclic) bond motifs is 1. The fourth-order valence-electron chi connectivity index (χ4n) is 3.77. The van der Waals surface area contributed by atoms with Gasteiger partial charge >= 0.3 is 6.61 Å². The number of benzene rings is 1. The number of amides is 1. The second-order valence-corrected chi connectivity index (χ2v) is 8.21. The first-order valence-electron chi connectivity index (χ1n) is 8.98. The summed E-state index contributed by atoms with van der Waals surface area (Å²) in [5.41, 5.74) is 6.35. The van der Waals surface area contributed by atoms with E-state index in [-0.39, 0.29) is 23.4 Å². The molecule has 3 N–H and O–H groups in total. The first-order chi connectivity index (χ1) is 13.9. The molecular formula is C19H17ClF2N4O2S. The summed E-state index contributed by atoms with van der Waals surface area (Å²) in [7, 11) is 0. The summed E-state index contributed by atoms with van der Waals surface area (Å²) in [6, 6.07) is 7.02. The predicted molar refractivity (Wildman–Crippen MR) is 108 cm³/mol. The maximum atomic E-state index is 13.0. The molecule has 1 saturated carbocycles. The molecule has 1 aliphatic rings. The molecule has 6 nitrogen and oxygen atoms in total. The highest BCUT2D eigenvalue weighted by Gasteiger charge is 2.33. The smallest absolute Gasteiger partial charge is 0.387 e. The molecule has 4 rings (SSSR count). The van der Waals surface area contributed by atoms with Crippen molar-refractivity contribution in [2.75, 3.05) is 5.32 Å². The Morgan fingerprint density at radius 1 is 1.34 bits per heavy atom. The molecule has 0 aliphatic heterocycles. The average molecular weight is 439 g/mol. The third-order valence-electron chi connectivity index (χ3n) is 4.95. The average Bonchev–Trinajstić information content (AvgIpc) is 3.27. The number of alkyl halides is 2. The standard InChI is InChI=1S/C19H17ClF2N4O2S/c20-9-4-5-13-14(8-9)29-19(26-13)25-12-3-1-2-10(12)11-6-7-24-15(17(23)27)16(11)28-18(21)22/h4-8,10,12,18H,1-3H2,(H2,23,27)(H,25,26)/t10-,12-/m0/s1. The zero-order valence-electron chi connectivity index (χ0n) is 15.1. The Bertz CT molecular complexity index is 1060. The Balaban J connectivity index is 1.65. The van der Waals surface area contributed by atoms with Gasteiger partial charge in [-0.05, 0) is 37.1 Å². The molecule has 0 bridgehead atoms. The zero-order chi connectivity index (χ0) is 20.5. The first-order valence-corrected chi connectivity index (χ1v) is 10.2. The van der Waals surface area contributed by atoms with Crippen LogP contribution in [0.5, 0.6) is 5.75 Å². The van der Waals surface area contributed by atoms with Crippen LogP contribution in [-0.2, 0) is 0 Å². The minimum Gasteiger partial charge on any atom is -0.432 e. The molecule has 2 heterocycles. The number of carbonyl (C=O) groups excluding carboxylic acids is 1. The van der Waals surface area contributed by atoms with E-state index in [4.69, 9.17) is 17.3 Å². The number of thiazole rings is 1. The molecule has 3 aromatic rings. The van der Waals surface area contributed by atoms with Gasteiger partial charge in [0.05, 0.1) is 10.2 Å². The molecule has 1 aliphatic carbocycles. The minimum absolute atomic E-state index is 0.0609. The van der Waals surface area contributed by atoms with Crippen molar-refractivity contribution < 1.29 is 18.3 Å². The first kappa shape index (κ1) is 19.8. The van der Waals surface area contributed by atoms with Crippen molar-refractivity contribution in [3.63, 3.8) is 0 Å². The van der Waals surface area contributed by atoms with Crippen LogP contribution in [0.4, 0.5) is 13.9 Å². The molecule has 2 aromatic heterocycles. The highest BCUT2D eigenvalue weighted by Crippen LogP contribution is 2.42. The van der Waals surface area contributed by atoms with E-state index in [9.17, 15) is 13.6 Å². The lowest BCUT2D eigenvalue weighted by Gasteiger charge is -2.23. The summed E-state index contributed by atoms with van der Waals surface area (Å²) in [6.45, 7) is -3.09. The summed E-state index contributed by atoms with van der Waals surface area (Å²) >= 11 is 7.51. The molecule has 10 heteroatoms. The Kier molecular flexibility index (Phi) is 5.51. The van der Waals surface area contributed by atoms with Crippen LogP contribution < -0.4 is 15.8 Å². The molecule has 0 radical (unpaired) electrons. The Labute approximate surface area is 174 Å². The van der Waals surface area contributed by atoms with Gasteiger partial charge in [-0.1, -0.05) is 29.4 Å². The van der Waals surface area contributed by atoms with Gasteiger partial charge in [0.25, 0.3) is 5.91 Å². The van der Waals surface area contributed by atoms with Gasteiger partial charge in [0.15, 0.2) is 16.6 Å². The fourth-order valence-corrected chi connectivity index (χ4v) is 4.97. The number of hydrogen-bond donors (Lipinski definition) is 2. The number of aromatic nitrogens is 2. The maximum absolute atomic E-state index is 13.0. The number of ether oxygens (including phenoxy) is 1. The van der Waals surface area contributed by atoms with Crippen LogP contribution in [0.25, 0.3) is 10.2 Å². The molecule has 0 unspecified atom stereocenters. The van der Waals surface area contributed by atoms with Crippen LogP contribution in [0.2, 0.25) is 5.02 Å². The number of carbonyl (C=O) groups is 1. The van der Waals surface area contributed by atoms with Gasteiger partial charge in [-0.25, -0.2) is 9.97 Å². The van der Waals surface area contributed by atoms with Crippen LogP contribution in [-0.4, -0.2) is 28.5 Å². The van der Waals surface area contributed by atoms with Crippen molar-refractivity contribution >= 4 is 44.2 Å². The Morgan fingerprint density at radius 2 is 2.17 bits per heavy atom. The van der Waals surface area contributed by atoms with E-state index < -0.39 is 12.5 Å². The molecule has 2 atom stereocenters. The molecule has 1 amide bonds. The molecule has 152 valence electrons. The van der Waals surface area contributed by atoms with Crippen molar-refractivity contribution in [1.82, 2.24) is 9.97 Å². The molecule has 29 heavy (non-hydrogen) atoms. The quantitative estimate of drug-likeness (QED) is 0.577. The van der Waals surface area contributed by atoms with E-state index in [1.54, 1.807) is 12.1 Å². The lowest BCUT2D eigenvalue weighted by molar-refractivity contribution is -0.0512. The van der Waals surface area contributed by atoms with Gasteiger partial charge in [0.2, 0.25) is 0 Å². The molecule has 0 spiro atoms. The van der Waals surface area contributed by atoms with E-state index in [1.165, 1.54) is 17.5 Å². The van der Waals surface area contributed by atoms with Crippen molar-refractivity contribution in [3.8, 4) is 5.75 Å². The Hall–Kier alpha value is -2.52. The normalized spacial score (nSPS) is 19.0. The van der Waals surface area contributed by atoms with E-state index in [0.29, 0.717) is 10.6 Å². The fraction of sp³-hybridized carbons (Fsp3) is 0.316. The third-order valence-corrected chi connectivity index (χ3v) is 6.13. The Morgan fingerprint density at radius 3 is 2.93 bits per heavy atom. The maximum Gasteiger partial charge on any atom is 0.387 e. The number of nitrogens with one attached hydrogen (secondary N) is 1. The van der Waals surface area contributed by atoms with Crippen LogP contribution in [0.3, 0.4) is 0 Å². The highest BCUT2D eigenvalue weighted by molar-refractivity contribution is 7.22. The molecular weight excluding hydrogens is 422 g/mol. The van der Waals surface area contributed by atoms with Crippen molar-refractivity contribution in [2.24, 2.45) is 5.73 Å². The zero-order valence-corrected chi connectivity index (χ0v) is 16.6. The lowest BCUT2D eigenvalue weighted by atomic mass is 9.93. The largest absolute Gasteiger partial charge is 0.432 e. The summed E-state index contributed by atoms with van der Waals surface area (Å²) in [4.78, 5) is 20.1. The number of rotatable bonds is 6. The molecule has 1 aromatic carbocycles. The number of anilines is 1. The van der Waals surface area contributed by atoms with E-state index in [2.05, 4.69) is 20.0 Å². The van der Waals surface area contributed by atoms with Gasteiger partial charge < -0.3 is 15.8 Å². The van der Waals surface area contributed by atoms with E-state index >= 15 is 0 Å². The molecule has 0 saturated heterocycles. The number of pyridine rings is 1. The van der Waals surface area contributed by atoms with E-state index in [0.717, 1.165) is 34.6 Å². The van der Waals surface area contributed by atoms with Crippen LogP contribution in [0.1, 0.15) is 41.2 Å². The van der Waals surface area contributed by atoms with Gasteiger partial charge in [-0.15, -0.1) is 0 Å². The number of hydrogen-bond acceptors (Lipinski definition) is 6. The van der Waals surface area contributed by atoms with Crippen molar-refractivity contribution in [3.05, 3.63) is 46.7 Å². The monoisotopic (exact) mass is 438 g/mol. The van der Waals surface area contributed by atoms with E-state index in [1.807, 2.05) is 12.1 Å². The summed E-state index contributed by atoms with van der Waals surface area (Å²) in [5.74, 6) is -1.31. The number of nitrogens with two attached hydrogens (primary N) is 1. The van der Waals surface area contributed by atoms with Gasteiger partial charge in [-0.2, -0.15) is 8.78 Å². The minimum atomic E-state index is -3.09. The highest BCUT2D eigenvalue weighted by atomic mass is 35.5. The van der Waals surface area contributed by atoms with Crippen LogP contribution in [0, 0.1) is 0 Å². The van der Waals surface area contributed by atoms with Crippen molar-refractivity contribution in [1.29, 1.82) is 0 Å².